The molecule has 1 aromatic carbocycles. The molecular weight excluding hydrogens is 387 g/mol. The van der Waals surface area contributed by atoms with Crippen molar-refractivity contribution >= 4 is 49.9 Å². The zero-order valence-corrected chi connectivity index (χ0v) is 12.7. The molecule has 0 aliphatic carbocycles. The van der Waals surface area contributed by atoms with Gasteiger partial charge >= 0.3 is 0 Å². The van der Waals surface area contributed by atoms with Crippen LogP contribution >= 0.6 is 34.2 Å². The smallest absolute Gasteiger partial charge is 0.261 e. The standard InChI is InChI=1S/C11H8ClIN2O2S/c12-11-10(2-1-7-14-11)15-18(16,17)9-5-3-8(13)4-6-9/h1-7,15H. The fourth-order valence-electron chi connectivity index (χ4n) is 1.28. The van der Waals surface area contributed by atoms with Crippen LogP contribution in [-0.4, -0.2) is 13.4 Å². The van der Waals surface area contributed by atoms with Crippen molar-refractivity contribution in [1.29, 1.82) is 0 Å². The highest BCUT2D eigenvalue weighted by atomic mass is 127. The van der Waals surface area contributed by atoms with Crippen LogP contribution in [0.2, 0.25) is 5.15 Å². The third-order valence-electron chi connectivity index (χ3n) is 2.13. The van der Waals surface area contributed by atoms with Gasteiger partial charge in [-0.1, -0.05) is 11.6 Å². The third kappa shape index (κ3) is 3.12. The van der Waals surface area contributed by atoms with Gasteiger partial charge in [-0.2, -0.15) is 0 Å². The van der Waals surface area contributed by atoms with Gasteiger partial charge in [0.15, 0.2) is 5.15 Å². The lowest BCUT2D eigenvalue weighted by molar-refractivity contribution is 0.601. The van der Waals surface area contributed by atoms with Gasteiger partial charge in [-0.3, -0.25) is 4.72 Å². The Bertz CT molecular complexity index is 659. The molecule has 94 valence electrons. The van der Waals surface area contributed by atoms with Crippen molar-refractivity contribution in [2.24, 2.45) is 0 Å². The number of nitrogens with zero attached hydrogens (tertiary/aromatic N) is 1. The lowest BCUT2D eigenvalue weighted by Crippen LogP contribution is -2.13. The van der Waals surface area contributed by atoms with Crippen LogP contribution in [0.15, 0.2) is 47.5 Å². The second-order valence-corrected chi connectivity index (χ2v) is 6.69. The molecule has 0 saturated heterocycles. The molecule has 1 heterocycles. The second-order valence-electron chi connectivity index (χ2n) is 3.40. The Morgan fingerprint density at radius 2 is 1.83 bits per heavy atom. The summed E-state index contributed by atoms with van der Waals surface area (Å²) in [5, 5.41) is 0.117. The first kappa shape index (κ1) is 13.6. The molecule has 2 rings (SSSR count). The fraction of sp³-hybridized carbons (Fsp3) is 0. The average Bonchev–Trinajstić information content (AvgIpc) is 2.32. The molecule has 1 aromatic heterocycles. The SMILES string of the molecule is O=S(=O)(Nc1cccnc1Cl)c1ccc(I)cc1. The normalized spacial score (nSPS) is 11.2. The molecule has 0 aliphatic rings. The summed E-state index contributed by atoms with van der Waals surface area (Å²) in [5.74, 6) is 0. The summed E-state index contributed by atoms with van der Waals surface area (Å²) in [6.07, 6.45) is 1.49. The van der Waals surface area contributed by atoms with Gasteiger partial charge < -0.3 is 0 Å². The minimum atomic E-state index is -3.63. The van der Waals surface area contributed by atoms with Gasteiger partial charge in [0.1, 0.15) is 0 Å². The number of nitrogens with one attached hydrogen (secondary N) is 1. The van der Waals surface area contributed by atoms with Crippen molar-refractivity contribution in [3.05, 3.63) is 51.3 Å². The topological polar surface area (TPSA) is 59.1 Å². The highest BCUT2D eigenvalue weighted by Crippen LogP contribution is 2.22. The van der Waals surface area contributed by atoms with E-state index in [1.807, 2.05) is 0 Å². The van der Waals surface area contributed by atoms with Crippen molar-refractivity contribution in [3.63, 3.8) is 0 Å². The van der Waals surface area contributed by atoms with E-state index in [0.717, 1.165) is 3.57 Å². The quantitative estimate of drug-likeness (QED) is 0.643. The minimum absolute atomic E-state index is 0.117. The molecule has 4 nitrogen and oxygen atoms in total. The summed E-state index contributed by atoms with van der Waals surface area (Å²) in [6.45, 7) is 0. The van der Waals surface area contributed by atoms with Crippen molar-refractivity contribution < 1.29 is 8.42 Å². The van der Waals surface area contributed by atoms with Crippen LogP contribution in [0.25, 0.3) is 0 Å². The molecule has 0 atom stereocenters. The Balaban J connectivity index is 2.33. The van der Waals surface area contributed by atoms with Crippen LogP contribution in [0.1, 0.15) is 0 Å². The lowest BCUT2D eigenvalue weighted by Gasteiger charge is -2.08. The van der Waals surface area contributed by atoms with E-state index in [9.17, 15) is 8.42 Å². The molecule has 0 fully saturated rings. The predicted octanol–water partition coefficient (Wildman–Crippen LogP) is 3.14. The number of benzene rings is 1. The van der Waals surface area contributed by atoms with E-state index in [0.29, 0.717) is 0 Å². The summed E-state index contributed by atoms with van der Waals surface area (Å²) in [5.41, 5.74) is 0.262. The number of anilines is 1. The summed E-state index contributed by atoms with van der Waals surface area (Å²) < 4.78 is 27.5. The van der Waals surface area contributed by atoms with Gasteiger partial charge in [0.25, 0.3) is 10.0 Å². The van der Waals surface area contributed by atoms with Gasteiger partial charge in [-0.15, -0.1) is 0 Å². The molecule has 0 saturated carbocycles. The minimum Gasteiger partial charge on any atom is -0.276 e. The maximum absolute atomic E-state index is 12.1. The summed E-state index contributed by atoms with van der Waals surface area (Å²) in [4.78, 5) is 3.99. The molecule has 0 radical (unpaired) electrons. The van der Waals surface area contributed by atoms with E-state index >= 15 is 0 Å². The largest absolute Gasteiger partial charge is 0.276 e. The molecule has 0 spiro atoms. The number of pyridine rings is 1. The lowest BCUT2D eigenvalue weighted by atomic mass is 10.4. The number of hydrogen-bond acceptors (Lipinski definition) is 3. The van der Waals surface area contributed by atoms with Gasteiger partial charge in [0.05, 0.1) is 10.6 Å². The zero-order valence-electron chi connectivity index (χ0n) is 8.97. The Morgan fingerprint density at radius 3 is 2.44 bits per heavy atom. The first-order chi connectivity index (χ1) is 8.49. The number of halogens is 2. The summed E-state index contributed by atoms with van der Waals surface area (Å²) in [6, 6.07) is 9.68. The second kappa shape index (κ2) is 5.41. The maximum atomic E-state index is 12.1. The van der Waals surface area contributed by atoms with Crippen LogP contribution in [-0.2, 0) is 10.0 Å². The Morgan fingerprint density at radius 1 is 1.17 bits per heavy atom. The number of sulfonamides is 1. The van der Waals surface area contributed by atoms with Crippen LogP contribution < -0.4 is 4.72 Å². The molecule has 0 bridgehead atoms. The van der Waals surface area contributed by atoms with Gasteiger partial charge in [0.2, 0.25) is 0 Å². The molecular formula is C11H8ClIN2O2S. The number of hydrogen-bond donors (Lipinski definition) is 1. The van der Waals surface area contributed by atoms with Gasteiger partial charge in [-0.25, -0.2) is 13.4 Å². The van der Waals surface area contributed by atoms with Crippen molar-refractivity contribution in [2.75, 3.05) is 4.72 Å². The van der Waals surface area contributed by atoms with Crippen molar-refractivity contribution in [1.82, 2.24) is 4.98 Å². The van der Waals surface area contributed by atoms with Crippen LogP contribution in [0.3, 0.4) is 0 Å². The third-order valence-corrected chi connectivity index (χ3v) is 4.53. The van der Waals surface area contributed by atoms with E-state index in [1.165, 1.54) is 18.3 Å². The summed E-state index contributed by atoms with van der Waals surface area (Å²) in [7, 11) is -3.63. The first-order valence-electron chi connectivity index (χ1n) is 4.88. The van der Waals surface area contributed by atoms with E-state index in [2.05, 4.69) is 32.3 Å². The van der Waals surface area contributed by atoms with Crippen molar-refractivity contribution in [2.45, 2.75) is 4.90 Å². The number of aromatic nitrogens is 1. The van der Waals surface area contributed by atoms with Gasteiger partial charge in [-0.05, 0) is 59.0 Å². The van der Waals surface area contributed by atoms with Crippen LogP contribution in [0.5, 0.6) is 0 Å². The summed E-state index contributed by atoms with van der Waals surface area (Å²) >= 11 is 7.91. The molecule has 0 aliphatic heterocycles. The Kier molecular flexibility index (Phi) is 4.08. The molecule has 1 N–H and O–H groups in total. The van der Waals surface area contributed by atoms with Gasteiger partial charge in [0, 0.05) is 9.77 Å². The monoisotopic (exact) mass is 394 g/mol. The first-order valence-corrected chi connectivity index (χ1v) is 7.82. The molecule has 0 unspecified atom stereocenters. The fourth-order valence-corrected chi connectivity index (χ4v) is 2.93. The zero-order chi connectivity index (χ0) is 13.2. The highest BCUT2D eigenvalue weighted by Gasteiger charge is 2.15. The highest BCUT2D eigenvalue weighted by molar-refractivity contribution is 14.1. The van der Waals surface area contributed by atoms with Crippen LogP contribution in [0, 0.1) is 3.57 Å². The molecule has 2 aromatic rings. The van der Waals surface area contributed by atoms with E-state index in [-0.39, 0.29) is 15.7 Å². The van der Waals surface area contributed by atoms with E-state index in [1.54, 1.807) is 24.3 Å². The van der Waals surface area contributed by atoms with Crippen molar-refractivity contribution in [3.8, 4) is 0 Å². The van der Waals surface area contributed by atoms with E-state index < -0.39 is 10.0 Å². The molecule has 7 heteroatoms. The number of rotatable bonds is 3. The van der Waals surface area contributed by atoms with Crippen LogP contribution in [0.4, 0.5) is 5.69 Å². The molecule has 0 amide bonds. The predicted molar refractivity (Wildman–Crippen MR) is 79.2 cm³/mol. The molecule has 18 heavy (non-hydrogen) atoms. The average molecular weight is 395 g/mol. The Hall–Kier alpha value is -0.860. The Labute approximate surface area is 124 Å². The van der Waals surface area contributed by atoms with E-state index in [4.69, 9.17) is 11.6 Å². The maximum Gasteiger partial charge on any atom is 0.261 e.